The number of hydrogen-bond acceptors (Lipinski definition) is 8. The first-order chi connectivity index (χ1) is 15.7. The molecule has 174 valence electrons. The van der Waals surface area contributed by atoms with Gasteiger partial charge in [-0.2, -0.15) is 0 Å². The normalized spacial score (nSPS) is 27.1. The van der Waals surface area contributed by atoms with E-state index in [1.54, 1.807) is 24.3 Å². The van der Waals surface area contributed by atoms with E-state index in [-0.39, 0.29) is 0 Å². The zero-order valence-corrected chi connectivity index (χ0v) is 19.6. The number of H-pyrrole nitrogens is 1. The standard InChI is InChI=1S/C23H24N2O6S2/c1-14-3-7-16(8-4-14)32-22(29)18(13-26)31-20(25-12-11-19(27)24-21(25)28)23(22,30)33-17-9-5-15(2)6-10-17/h3-12,18,20,26,29-30H,13H2,1-2H3,(H,24,27,28)/t18-,20-,22+,23-/m1/s1. The number of aryl methyl sites for hydroxylation is 2. The summed E-state index contributed by atoms with van der Waals surface area (Å²) in [6.07, 6.45) is -1.45. The minimum atomic E-state index is -2.13. The average Bonchev–Trinajstić information content (AvgIpc) is 2.98. The van der Waals surface area contributed by atoms with Gasteiger partial charge < -0.3 is 20.1 Å². The number of aromatic amines is 1. The van der Waals surface area contributed by atoms with Crippen LogP contribution in [0.25, 0.3) is 0 Å². The summed E-state index contributed by atoms with van der Waals surface area (Å²) in [5.74, 6) is 0. The Hall–Kier alpha value is -2.34. The molecule has 2 aromatic carbocycles. The molecule has 0 bridgehead atoms. The number of rotatable bonds is 6. The largest absolute Gasteiger partial charge is 0.394 e. The van der Waals surface area contributed by atoms with Crippen LogP contribution in [0.5, 0.6) is 0 Å². The van der Waals surface area contributed by atoms with E-state index in [4.69, 9.17) is 4.74 Å². The lowest BCUT2D eigenvalue weighted by Crippen LogP contribution is -2.55. The lowest BCUT2D eigenvalue weighted by atomic mass is 10.1. The van der Waals surface area contributed by atoms with Gasteiger partial charge in [-0.15, -0.1) is 0 Å². The van der Waals surface area contributed by atoms with Gasteiger partial charge in [0.1, 0.15) is 6.10 Å². The molecule has 0 amide bonds. The summed E-state index contributed by atoms with van der Waals surface area (Å²) in [7, 11) is 0. The Balaban J connectivity index is 1.85. The molecule has 0 spiro atoms. The predicted molar refractivity (Wildman–Crippen MR) is 126 cm³/mol. The van der Waals surface area contributed by atoms with Crippen molar-refractivity contribution < 1.29 is 20.1 Å². The van der Waals surface area contributed by atoms with Crippen molar-refractivity contribution in [2.24, 2.45) is 0 Å². The first-order valence-corrected chi connectivity index (χ1v) is 11.8. The number of aliphatic hydroxyl groups is 3. The fourth-order valence-corrected chi connectivity index (χ4v) is 6.18. The molecule has 8 nitrogen and oxygen atoms in total. The molecule has 0 unspecified atom stereocenters. The van der Waals surface area contributed by atoms with Gasteiger partial charge in [-0.1, -0.05) is 58.9 Å². The quantitative estimate of drug-likeness (QED) is 0.389. The number of benzene rings is 2. The molecule has 4 rings (SSSR count). The van der Waals surface area contributed by atoms with Crippen LogP contribution in [0.15, 0.2) is 80.2 Å². The molecule has 0 saturated carbocycles. The number of nitrogens with zero attached hydrogens (tertiary/aromatic N) is 1. The molecule has 4 atom stereocenters. The van der Waals surface area contributed by atoms with Gasteiger partial charge in [0.15, 0.2) is 11.2 Å². The van der Waals surface area contributed by atoms with E-state index in [2.05, 4.69) is 4.98 Å². The Morgan fingerprint density at radius 2 is 1.42 bits per heavy atom. The highest BCUT2D eigenvalue weighted by Gasteiger charge is 2.68. The van der Waals surface area contributed by atoms with Crippen molar-refractivity contribution in [3.8, 4) is 0 Å². The van der Waals surface area contributed by atoms with E-state index < -0.39 is 40.1 Å². The van der Waals surface area contributed by atoms with Gasteiger partial charge in [0.25, 0.3) is 5.56 Å². The third kappa shape index (κ3) is 4.42. The summed E-state index contributed by atoms with van der Waals surface area (Å²) in [5.41, 5.74) is 0.623. The molecule has 1 aliphatic rings. The Morgan fingerprint density at radius 1 is 0.909 bits per heavy atom. The second kappa shape index (κ2) is 9.13. The molecule has 1 aromatic heterocycles. The van der Waals surface area contributed by atoms with Gasteiger partial charge >= 0.3 is 5.69 Å². The summed E-state index contributed by atoms with van der Waals surface area (Å²) < 4.78 is 6.90. The van der Waals surface area contributed by atoms with Crippen LogP contribution in [-0.2, 0) is 4.74 Å². The molecule has 33 heavy (non-hydrogen) atoms. The fourth-order valence-electron chi connectivity index (χ4n) is 3.61. The van der Waals surface area contributed by atoms with Gasteiger partial charge in [0, 0.05) is 22.1 Å². The monoisotopic (exact) mass is 488 g/mol. The van der Waals surface area contributed by atoms with Crippen LogP contribution < -0.4 is 11.2 Å². The average molecular weight is 489 g/mol. The molecule has 10 heteroatoms. The number of hydrogen-bond donors (Lipinski definition) is 4. The maximum Gasteiger partial charge on any atom is 0.330 e. The SMILES string of the molecule is Cc1ccc(S[C@@]2(O)[C@@H](CO)O[C@@H](n3ccc(=O)[nH]c3=O)[C@@]2(O)Sc2ccc(C)cc2)cc1. The minimum Gasteiger partial charge on any atom is -0.394 e. The van der Waals surface area contributed by atoms with E-state index in [0.717, 1.165) is 45.3 Å². The van der Waals surface area contributed by atoms with Crippen LogP contribution in [0.4, 0.5) is 0 Å². The van der Waals surface area contributed by atoms with E-state index in [9.17, 15) is 24.9 Å². The minimum absolute atomic E-state index is 0.605. The highest BCUT2D eigenvalue weighted by atomic mass is 32.2. The molecular formula is C23H24N2O6S2. The Kier molecular flexibility index (Phi) is 6.59. The molecule has 1 aliphatic heterocycles. The number of aliphatic hydroxyl groups excluding tert-OH is 1. The Morgan fingerprint density at radius 3 is 1.91 bits per heavy atom. The van der Waals surface area contributed by atoms with Crippen LogP contribution in [0.1, 0.15) is 17.4 Å². The van der Waals surface area contributed by atoms with Crippen LogP contribution in [-0.4, -0.2) is 47.4 Å². The summed E-state index contributed by atoms with van der Waals surface area (Å²) >= 11 is 1.87. The first-order valence-electron chi connectivity index (χ1n) is 10.2. The van der Waals surface area contributed by atoms with Crippen molar-refractivity contribution in [2.75, 3.05) is 6.61 Å². The smallest absolute Gasteiger partial charge is 0.330 e. The van der Waals surface area contributed by atoms with Gasteiger partial charge in [-0.25, -0.2) is 4.79 Å². The van der Waals surface area contributed by atoms with Gasteiger partial charge in [-0.05, 0) is 38.1 Å². The second-order valence-corrected chi connectivity index (χ2v) is 10.5. The summed E-state index contributed by atoms with van der Waals surface area (Å²) in [6.45, 7) is 3.25. The maximum absolute atomic E-state index is 12.6. The topological polar surface area (TPSA) is 125 Å². The van der Waals surface area contributed by atoms with Gasteiger partial charge in [-0.3, -0.25) is 14.3 Å². The van der Waals surface area contributed by atoms with Crippen LogP contribution >= 0.6 is 23.5 Å². The first kappa shape index (κ1) is 23.8. The Labute approximate surface area is 198 Å². The van der Waals surface area contributed by atoms with Gasteiger partial charge in [0.2, 0.25) is 4.93 Å². The molecular weight excluding hydrogens is 464 g/mol. The third-order valence-electron chi connectivity index (χ3n) is 5.44. The molecule has 0 aliphatic carbocycles. The fraction of sp³-hybridized carbons (Fsp3) is 0.304. The third-order valence-corrected chi connectivity index (χ3v) is 8.29. The van der Waals surface area contributed by atoms with Crippen molar-refractivity contribution in [2.45, 2.75) is 45.8 Å². The van der Waals surface area contributed by atoms with E-state index in [1.807, 2.05) is 38.1 Å². The van der Waals surface area contributed by atoms with E-state index in [0.29, 0.717) is 9.79 Å². The lowest BCUT2D eigenvalue weighted by Gasteiger charge is -2.39. The summed E-state index contributed by atoms with van der Waals surface area (Å²) in [5, 5.41) is 34.0. The predicted octanol–water partition coefficient (Wildman–Crippen LogP) is 2.00. The van der Waals surface area contributed by atoms with Crippen molar-refractivity contribution >= 4 is 23.5 Å². The zero-order chi connectivity index (χ0) is 23.8. The Bertz CT molecular complexity index is 1240. The second-order valence-electron chi connectivity index (χ2n) is 7.90. The maximum atomic E-state index is 12.6. The highest BCUT2D eigenvalue weighted by Crippen LogP contribution is 2.59. The summed E-state index contributed by atoms with van der Waals surface area (Å²) in [4.78, 5) is 23.4. The van der Waals surface area contributed by atoms with Gasteiger partial charge in [0.05, 0.1) is 6.61 Å². The van der Waals surface area contributed by atoms with Crippen molar-refractivity contribution in [3.63, 3.8) is 0 Å². The molecule has 0 radical (unpaired) electrons. The summed E-state index contributed by atoms with van der Waals surface area (Å²) in [6, 6.07) is 15.7. The number of ether oxygens (including phenoxy) is 1. The zero-order valence-electron chi connectivity index (χ0n) is 18.0. The molecule has 4 N–H and O–H groups in total. The number of nitrogens with one attached hydrogen (secondary N) is 1. The lowest BCUT2D eigenvalue weighted by molar-refractivity contribution is -0.0629. The number of thioether (sulfide) groups is 2. The molecule has 3 aromatic rings. The van der Waals surface area contributed by atoms with Crippen LogP contribution in [0.2, 0.25) is 0 Å². The van der Waals surface area contributed by atoms with Crippen molar-refractivity contribution in [1.29, 1.82) is 0 Å². The van der Waals surface area contributed by atoms with E-state index in [1.165, 1.54) is 6.20 Å². The highest BCUT2D eigenvalue weighted by molar-refractivity contribution is 8.04. The molecule has 1 fully saturated rings. The van der Waals surface area contributed by atoms with E-state index >= 15 is 0 Å². The molecule has 2 heterocycles. The molecule has 1 saturated heterocycles. The van der Waals surface area contributed by atoms with Crippen molar-refractivity contribution in [3.05, 3.63) is 92.8 Å². The van der Waals surface area contributed by atoms with Crippen molar-refractivity contribution in [1.82, 2.24) is 9.55 Å². The number of aromatic nitrogens is 2. The van der Waals surface area contributed by atoms with Crippen LogP contribution in [0.3, 0.4) is 0 Å². The van der Waals surface area contributed by atoms with Crippen LogP contribution in [0, 0.1) is 13.8 Å².